The molecule has 1 aliphatic rings. The highest BCUT2D eigenvalue weighted by molar-refractivity contribution is 5.53. The number of hydrogen-bond acceptors (Lipinski definition) is 5. The summed E-state index contributed by atoms with van der Waals surface area (Å²) in [5.41, 5.74) is 2.17. The molecule has 0 spiro atoms. The number of phenols is 1. The second kappa shape index (κ2) is 6.23. The van der Waals surface area contributed by atoms with Gasteiger partial charge in [0.25, 0.3) is 0 Å². The Balaban J connectivity index is 1.79. The summed E-state index contributed by atoms with van der Waals surface area (Å²) in [6, 6.07) is 9.43. The summed E-state index contributed by atoms with van der Waals surface area (Å²) in [5.74, 6) is 1.75. The van der Waals surface area contributed by atoms with Gasteiger partial charge < -0.3 is 19.9 Å². The number of aromatic hydroxyl groups is 1. The van der Waals surface area contributed by atoms with E-state index in [4.69, 9.17) is 9.47 Å². The number of pyridine rings is 1. The van der Waals surface area contributed by atoms with Crippen LogP contribution in [0.15, 0.2) is 36.5 Å². The van der Waals surface area contributed by atoms with Gasteiger partial charge in [-0.3, -0.25) is 0 Å². The smallest absolute Gasteiger partial charge is 0.129 e. The molecule has 0 amide bonds. The highest BCUT2D eigenvalue weighted by Gasteiger charge is 2.23. The average molecular weight is 300 g/mol. The van der Waals surface area contributed by atoms with Crippen molar-refractivity contribution < 1.29 is 14.6 Å². The third-order valence-corrected chi connectivity index (χ3v) is 3.68. The summed E-state index contributed by atoms with van der Waals surface area (Å²) in [6.45, 7) is 2.43. The maximum absolute atomic E-state index is 9.96. The largest absolute Gasteiger partial charge is 0.508 e. The van der Waals surface area contributed by atoms with Crippen LogP contribution in [0.2, 0.25) is 0 Å². The number of phenolic OH excluding ortho intramolecular Hbond substituents is 1. The summed E-state index contributed by atoms with van der Waals surface area (Å²) in [4.78, 5) is 4.33. The molecular formula is C17H20N2O3. The molecule has 0 radical (unpaired) electrons. The minimum Gasteiger partial charge on any atom is -0.508 e. The molecule has 1 aliphatic heterocycles. The molecule has 2 atom stereocenters. The van der Waals surface area contributed by atoms with Crippen LogP contribution in [-0.4, -0.2) is 29.9 Å². The normalized spacial score (nSPS) is 17.6. The lowest BCUT2D eigenvalue weighted by molar-refractivity contribution is 0.0918. The van der Waals surface area contributed by atoms with Gasteiger partial charge in [0.15, 0.2) is 0 Å². The van der Waals surface area contributed by atoms with Gasteiger partial charge in [0.05, 0.1) is 12.6 Å². The number of rotatable bonds is 5. The van der Waals surface area contributed by atoms with Crippen LogP contribution in [-0.2, 0) is 11.2 Å². The monoisotopic (exact) mass is 300 g/mol. The Morgan fingerprint density at radius 3 is 3.05 bits per heavy atom. The zero-order valence-corrected chi connectivity index (χ0v) is 12.7. The van der Waals surface area contributed by atoms with Crippen molar-refractivity contribution in [2.24, 2.45) is 0 Å². The maximum atomic E-state index is 9.96. The number of anilines is 1. The number of benzene rings is 1. The van der Waals surface area contributed by atoms with Crippen LogP contribution in [0.25, 0.3) is 0 Å². The molecule has 0 fully saturated rings. The second-order valence-corrected chi connectivity index (χ2v) is 5.56. The van der Waals surface area contributed by atoms with E-state index in [9.17, 15) is 5.11 Å². The van der Waals surface area contributed by atoms with Crippen molar-refractivity contribution in [2.45, 2.75) is 25.5 Å². The van der Waals surface area contributed by atoms with Gasteiger partial charge in [0, 0.05) is 25.8 Å². The molecule has 5 nitrogen and oxygen atoms in total. The van der Waals surface area contributed by atoms with Gasteiger partial charge in [-0.2, -0.15) is 0 Å². The molecule has 1 unspecified atom stereocenters. The fourth-order valence-electron chi connectivity index (χ4n) is 2.75. The van der Waals surface area contributed by atoms with E-state index in [1.54, 1.807) is 25.4 Å². The van der Waals surface area contributed by atoms with Crippen LogP contribution >= 0.6 is 0 Å². The number of nitrogens with one attached hydrogen (secondary N) is 1. The lowest BCUT2D eigenvalue weighted by Crippen LogP contribution is -2.18. The highest BCUT2D eigenvalue weighted by atomic mass is 16.5. The van der Waals surface area contributed by atoms with Crippen molar-refractivity contribution >= 4 is 5.82 Å². The van der Waals surface area contributed by atoms with Gasteiger partial charge in [0.2, 0.25) is 0 Å². The van der Waals surface area contributed by atoms with Crippen LogP contribution in [0.3, 0.4) is 0 Å². The van der Waals surface area contributed by atoms with Crippen LogP contribution in [0.1, 0.15) is 24.1 Å². The zero-order valence-electron chi connectivity index (χ0n) is 12.7. The van der Waals surface area contributed by atoms with E-state index in [-0.39, 0.29) is 17.9 Å². The Kier molecular flexibility index (Phi) is 4.15. The summed E-state index contributed by atoms with van der Waals surface area (Å²) in [7, 11) is 1.64. The zero-order chi connectivity index (χ0) is 15.5. The molecule has 2 N–H and O–H groups in total. The van der Waals surface area contributed by atoms with Gasteiger partial charge in [-0.25, -0.2) is 4.98 Å². The summed E-state index contributed by atoms with van der Waals surface area (Å²) >= 11 is 0. The Morgan fingerprint density at radius 1 is 1.41 bits per heavy atom. The number of aromatic nitrogens is 1. The number of ether oxygens (including phenoxy) is 2. The number of nitrogens with zero attached hydrogens (tertiary/aromatic N) is 1. The number of methoxy groups -OCH3 is 1. The molecule has 0 bridgehead atoms. The fraction of sp³-hybridized carbons (Fsp3) is 0.353. The van der Waals surface area contributed by atoms with Crippen molar-refractivity contribution in [3.63, 3.8) is 0 Å². The predicted molar refractivity (Wildman–Crippen MR) is 84.4 cm³/mol. The van der Waals surface area contributed by atoms with E-state index < -0.39 is 0 Å². The SMILES string of the molecule is COC[C@H](C)Oc1cc(O)cc(C2Cc3cccnc3N2)c1. The van der Waals surface area contributed by atoms with E-state index in [1.165, 1.54) is 5.56 Å². The van der Waals surface area contributed by atoms with Gasteiger partial charge in [-0.05, 0) is 36.2 Å². The van der Waals surface area contributed by atoms with Crippen molar-refractivity contribution in [1.82, 2.24) is 4.98 Å². The van der Waals surface area contributed by atoms with Gasteiger partial charge in [-0.15, -0.1) is 0 Å². The molecular weight excluding hydrogens is 280 g/mol. The average Bonchev–Trinajstić information content (AvgIpc) is 2.90. The van der Waals surface area contributed by atoms with Crippen LogP contribution in [0, 0.1) is 0 Å². The summed E-state index contributed by atoms with van der Waals surface area (Å²) in [6.07, 6.45) is 2.55. The third-order valence-electron chi connectivity index (χ3n) is 3.68. The Bertz CT molecular complexity index is 635. The molecule has 0 aliphatic carbocycles. The van der Waals surface area contributed by atoms with E-state index in [0.29, 0.717) is 12.4 Å². The lowest BCUT2D eigenvalue weighted by Gasteiger charge is -2.17. The minimum atomic E-state index is -0.0740. The first-order valence-corrected chi connectivity index (χ1v) is 7.35. The second-order valence-electron chi connectivity index (χ2n) is 5.56. The fourth-order valence-corrected chi connectivity index (χ4v) is 2.75. The van der Waals surface area contributed by atoms with E-state index >= 15 is 0 Å². The summed E-state index contributed by atoms with van der Waals surface area (Å²) < 4.78 is 10.9. The third kappa shape index (κ3) is 3.14. The van der Waals surface area contributed by atoms with Crippen molar-refractivity contribution in [1.29, 1.82) is 0 Å². The van der Waals surface area contributed by atoms with Crippen LogP contribution in [0.4, 0.5) is 5.82 Å². The Morgan fingerprint density at radius 2 is 2.27 bits per heavy atom. The molecule has 5 heteroatoms. The molecule has 22 heavy (non-hydrogen) atoms. The molecule has 1 aromatic heterocycles. The van der Waals surface area contributed by atoms with Crippen LogP contribution < -0.4 is 10.1 Å². The first-order chi connectivity index (χ1) is 10.7. The number of hydrogen-bond donors (Lipinski definition) is 2. The van der Waals surface area contributed by atoms with Crippen molar-refractivity contribution in [2.75, 3.05) is 19.0 Å². The standard InChI is InChI=1S/C17H20N2O3/c1-11(10-21-2)22-15-7-13(6-14(20)9-15)16-8-12-4-3-5-18-17(12)19-16/h3-7,9,11,16,20H,8,10H2,1-2H3,(H,18,19)/t11-,16?/m0/s1. The first-order valence-electron chi connectivity index (χ1n) is 7.35. The van der Waals surface area contributed by atoms with Crippen LogP contribution in [0.5, 0.6) is 11.5 Å². The molecule has 1 aromatic carbocycles. The molecule has 116 valence electrons. The maximum Gasteiger partial charge on any atom is 0.129 e. The molecule has 2 aromatic rings. The molecule has 2 heterocycles. The van der Waals surface area contributed by atoms with Gasteiger partial charge in [-0.1, -0.05) is 6.07 Å². The highest BCUT2D eigenvalue weighted by Crippen LogP contribution is 2.35. The minimum absolute atomic E-state index is 0.0740. The van der Waals surface area contributed by atoms with Crippen molar-refractivity contribution in [3.8, 4) is 11.5 Å². The molecule has 0 saturated heterocycles. The van der Waals surface area contributed by atoms with Gasteiger partial charge in [0.1, 0.15) is 23.4 Å². The Labute approximate surface area is 129 Å². The van der Waals surface area contributed by atoms with E-state index in [2.05, 4.69) is 16.4 Å². The van der Waals surface area contributed by atoms with E-state index in [0.717, 1.165) is 17.8 Å². The lowest BCUT2D eigenvalue weighted by atomic mass is 10.0. The predicted octanol–water partition coefficient (Wildman–Crippen LogP) is 2.91. The molecule has 0 saturated carbocycles. The topological polar surface area (TPSA) is 63.6 Å². The quantitative estimate of drug-likeness (QED) is 0.889. The number of fused-ring (bicyclic) bond motifs is 1. The first kappa shape index (κ1) is 14.7. The molecule has 3 rings (SSSR count). The Hall–Kier alpha value is -2.27. The van der Waals surface area contributed by atoms with E-state index in [1.807, 2.05) is 19.1 Å². The van der Waals surface area contributed by atoms with Gasteiger partial charge >= 0.3 is 0 Å². The summed E-state index contributed by atoms with van der Waals surface area (Å²) in [5, 5.41) is 13.3. The van der Waals surface area contributed by atoms with Crippen molar-refractivity contribution in [3.05, 3.63) is 47.7 Å².